The summed E-state index contributed by atoms with van der Waals surface area (Å²) in [7, 11) is 0. The van der Waals surface area contributed by atoms with Gasteiger partial charge in [-0.05, 0) is 38.0 Å². The molecule has 0 aliphatic heterocycles. The Hall–Kier alpha value is -2.12. The minimum absolute atomic E-state index is 0.0523. The standard InChI is InChI=1S/C18H19N3O2S2/c1-11-4-5-12(2)15(6-11)20-16(22)10-24-9-14-7-17(23)21-13(3)8-25-18(21)19-14/h4-8H,9-10H2,1-3H3,(H,20,22). The molecule has 0 saturated heterocycles. The number of thiazole rings is 1. The third kappa shape index (κ3) is 4.11. The number of thioether (sulfide) groups is 1. The number of nitrogens with one attached hydrogen (secondary N) is 1. The van der Waals surface area contributed by atoms with Crippen LogP contribution >= 0.6 is 23.1 Å². The fourth-order valence-electron chi connectivity index (χ4n) is 2.48. The van der Waals surface area contributed by atoms with Crippen LogP contribution in [0.1, 0.15) is 22.5 Å². The van der Waals surface area contributed by atoms with Crippen LogP contribution in [0.25, 0.3) is 4.96 Å². The number of rotatable bonds is 5. The monoisotopic (exact) mass is 373 g/mol. The maximum atomic E-state index is 12.1. The molecule has 0 radical (unpaired) electrons. The number of anilines is 1. The van der Waals surface area contributed by atoms with Crippen molar-refractivity contribution in [1.82, 2.24) is 9.38 Å². The number of fused-ring (bicyclic) bond motifs is 1. The van der Waals surface area contributed by atoms with Crippen molar-refractivity contribution in [3.05, 3.63) is 62.5 Å². The van der Waals surface area contributed by atoms with Gasteiger partial charge in [-0.2, -0.15) is 0 Å². The first-order valence-electron chi connectivity index (χ1n) is 7.85. The Morgan fingerprint density at radius 3 is 2.88 bits per heavy atom. The first-order chi connectivity index (χ1) is 11.9. The molecule has 1 N–H and O–H groups in total. The number of hydrogen-bond acceptors (Lipinski definition) is 5. The van der Waals surface area contributed by atoms with Crippen molar-refractivity contribution in [2.45, 2.75) is 26.5 Å². The second-order valence-electron chi connectivity index (χ2n) is 5.94. The zero-order valence-electron chi connectivity index (χ0n) is 14.3. The van der Waals surface area contributed by atoms with E-state index in [0.29, 0.717) is 22.2 Å². The lowest BCUT2D eigenvalue weighted by Gasteiger charge is -2.09. The van der Waals surface area contributed by atoms with Gasteiger partial charge in [-0.15, -0.1) is 23.1 Å². The highest BCUT2D eigenvalue weighted by Gasteiger charge is 2.09. The van der Waals surface area contributed by atoms with Gasteiger partial charge in [0.15, 0.2) is 4.96 Å². The van der Waals surface area contributed by atoms with Gasteiger partial charge in [0, 0.05) is 28.6 Å². The first-order valence-corrected chi connectivity index (χ1v) is 9.89. The van der Waals surface area contributed by atoms with Crippen molar-refractivity contribution in [3.8, 4) is 0 Å². The third-order valence-corrected chi connectivity index (χ3v) is 5.69. The molecule has 5 nitrogen and oxygen atoms in total. The van der Waals surface area contributed by atoms with Crippen molar-refractivity contribution < 1.29 is 4.79 Å². The van der Waals surface area contributed by atoms with E-state index in [0.717, 1.165) is 22.5 Å². The number of benzene rings is 1. The zero-order chi connectivity index (χ0) is 18.0. The lowest BCUT2D eigenvalue weighted by Crippen LogP contribution is -2.16. The fourth-order valence-corrected chi connectivity index (χ4v) is 4.09. The molecule has 2 aromatic heterocycles. The average Bonchev–Trinajstić information content (AvgIpc) is 2.92. The Morgan fingerprint density at radius 1 is 1.28 bits per heavy atom. The molecule has 0 aliphatic rings. The number of aryl methyl sites for hydroxylation is 3. The predicted octanol–water partition coefficient (Wildman–Crippen LogP) is 3.55. The summed E-state index contributed by atoms with van der Waals surface area (Å²) in [6.07, 6.45) is 0. The summed E-state index contributed by atoms with van der Waals surface area (Å²) in [5.41, 5.74) is 4.52. The molecule has 3 aromatic rings. The van der Waals surface area contributed by atoms with Crippen molar-refractivity contribution in [2.75, 3.05) is 11.1 Å². The predicted molar refractivity (Wildman–Crippen MR) is 105 cm³/mol. The number of carbonyl (C=O) groups is 1. The number of carbonyl (C=O) groups excluding carboxylic acids is 1. The zero-order valence-corrected chi connectivity index (χ0v) is 16.0. The van der Waals surface area contributed by atoms with Gasteiger partial charge in [-0.3, -0.25) is 14.0 Å². The first kappa shape index (κ1) is 17.7. The van der Waals surface area contributed by atoms with Gasteiger partial charge in [0.1, 0.15) is 0 Å². The van der Waals surface area contributed by atoms with Crippen LogP contribution in [0.5, 0.6) is 0 Å². The topological polar surface area (TPSA) is 63.5 Å². The molecule has 130 valence electrons. The summed E-state index contributed by atoms with van der Waals surface area (Å²) in [4.78, 5) is 29.5. The summed E-state index contributed by atoms with van der Waals surface area (Å²) in [6, 6.07) is 7.52. The van der Waals surface area contributed by atoms with E-state index in [1.54, 1.807) is 10.5 Å². The van der Waals surface area contributed by atoms with Gasteiger partial charge < -0.3 is 5.32 Å². The highest BCUT2D eigenvalue weighted by molar-refractivity contribution is 7.99. The lowest BCUT2D eigenvalue weighted by atomic mass is 10.1. The molecule has 0 fully saturated rings. The SMILES string of the molecule is Cc1ccc(C)c(NC(=O)CSCc2cc(=O)n3c(C)csc3n2)c1. The van der Waals surface area contributed by atoms with Crippen LogP contribution in [0.2, 0.25) is 0 Å². The van der Waals surface area contributed by atoms with Gasteiger partial charge in [0.2, 0.25) is 5.91 Å². The maximum Gasteiger partial charge on any atom is 0.258 e. The molecular weight excluding hydrogens is 354 g/mol. The van der Waals surface area contributed by atoms with E-state index in [1.807, 2.05) is 44.4 Å². The van der Waals surface area contributed by atoms with Crippen molar-refractivity contribution in [2.24, 2.45) is 0 Å². The number of amides is 1. The van der Waals surface area contributed by atoms with Gasteiger partial charge in [0.05, 0.1) is 11.4 Å². The molecule has 0 saturated carbocycles. The van der Waals surface area contributed by atoms with Crippen LogP contribution in [0.15, 0.2) is 34.4 Å². The van der Waals surface area contributed by atoms with E-state index in [9.17, 15) is 9.59 Å². The van der Waals surface area contributed by atoms with E-state index in [-0.39, 0.29) is 11.5 Å². The van der Waals surface area contributed by atoms with Gasteiger partial charge >= 0.3 is 0 Å². The molecule has 25 heavy (non-hydrogen) atoms. The third-order valence-electron chi connectivity index (χ3n) is 3.78. The Kier molecular flexibility index (Phi) is 5.24. The Bertz CT molecular complexity index is 992. The van der Waals surface area contributed by atoms with Crippen molar-refractivity contribution >= 4 is 39.7 Å². The largest absolute Gasteiger partial charge is 0.325 e. The molecule has 3 rings (SSSR count). The Morgan fingerprint density at radius 2 is 2.08 bits per heavy atom. The normalized spacial score (nSPS) is 11.0. The second-order valence-corrected chi connectivity index (χ2v) is 7.76. The van der Waals surface area contributed by atoms with Gasteiger partial charge in [0.25, 0.3) is 5.56 Å². The number of aromatic nitrogens is 2. The molecule has 0 spiro atoms. The summed E-state index contributed by atoms with van der Waals surface area (Å²) in [5, 5.41) is 4.85. The van der Waals surface area contributed by atoms with E-state index >= 15 is 0 Å². The van der Waals surface area contributed by atoms with E-state index in [2.05, 4.69) is 10.3 Å². The second kappa shape index (κ2) is 7.41. The quantitative estimate of drug-likeness (QED) is 0.743. The molecule has 1 aromatic carbocycles. The highest BCUT2D eigenvalue weighted by Crippen LogP contribution is 2.18. The van der Waals surface area contributed by atoms with E-state index in [1.165, 1.54) is 23.1 Å². The molecule has 2 heterocycles. The smallest absolute Gasteiger partial charge is 0.258 e. The molecule has 0 bridgehead atoms. The van der Waals surface area contributed by atoms with Crippen LogP contribution in [0.3, 0.4) is 0 Å². The van der Waals surface area contributed by atoms with Crippen molar-refractivity contribution in [3.63, 3.8) is 0 Å². The highest BCUT2D eigenvalue weighted by atomic mass is 32.2. The molecule has 0 aliphatic carbocycles. The van der Waals surface area contributed by atoms with Crippen LogP contribution < -0.4 is 10.9 Å². The van der Waals surface area contributed by atoms with Crippen molar-refractivity contribution in [1.29, 1.82) is 0 Å². The lowest BCUT2D eigenvalue weighted by molar-refractivity contribution is -0.113. The summed E-state index contributed by atoms with van der Waals surface area (Å²) >= 11 is 2.90. The summed E-state index contributed by atoms with van der Waals surface area (Å²) in [5.74, 6) is 0.796. The van der Waals surface area contributed by atoms with E-state index in [4.69, 9.17) is 0 Å². The van der Waals surface area contributed by atoms with Crippen LogP contribution in [-0.2, 0) is 10.5 Å². The molecule has 1 amide bonds. The number of nitrogens with zero attached hydrogens (tertiary/aromatic N) is 2. The van der Waals surface area contributed by atoms with E-state index < -0.39 is 0 Å². The Labute approximate surface area is 154 Å². The molecule has 7 heteroatoms. The van der Waals surface area contributed by atoms with Gasteiger partial charge in [-0.25, -0.2) is 4.98 Å². The Balaban J connectivity index is 1.60. The van der Waals surface area contributed by atoms with Crippen LogP contribution in [0.4, 0.5) is 5.69 Å². The minimum Gasteiger partial charge on any atom is -0.325 e. The van der Waals surface area contributed by atoms with Crippen LogP contribution in [0, 0.1) is 20.8 Å². The minimum atomic E-state index is -0.0702. The molecule has 0 atom stereocenters. The van der Waals surface area contributed by atoms with Crippen LogP contribution in [-0.4, -0.2) is 21.0 Å². The molecular formula is C18H19N3O2S2. The van der Waals surface area contributed by atoms with Gasteiger partial charge in [-0.1, -0.05) is 12.1 Å². The fraction of sp³-hybridized carbons (Fsp3) is 0.278. The summed E-state index contributed by atoms with van der Waals surface area (Å²) in [6.45, 7) is 5.85. The molecule has 0 unspecified atom stereocenters. The maximum absolute atomic E-state index is 12.1. The number of hydrogen-bond donors (Lipinski definition) is 1. The average molecular weight is 374 g/mol. The summed E-state index contributed by atoms with van der Waals surface area (Å²) < 4.78 is 1.60.